The first-order valence-electron chi connectivity index (χ1n) is 13.6. The number of carbonyl (C=O) groups is 2. The fourth-order valence-corrected chi connectivity index (χ4v) is 5.96. The van der Waals surface area contributed by atoms with Crippen LogP contribution in [0.15, 0.2) is 71.6 Å². The number of ether oxygens (including phenoxy) is 2. The highest BCUT2D eigenvalue weighted by atomic mass is 35.5. The summed E-state index contributed by atoms with van der Waals surface area (Å²) < 4.78 is 39.9. The summed E-state index contributed by atoms with van der Waals surface area (Å²) in [4.78, 5) is 28.8. The minimum Gasteiger partial charge on any atom is -0.493 e. The molecule has 3 rings (SSSR count). The van der Waals surface area contributed by atoms with Crippen molar-refractivity contribution in [1.82, 2.24) is 10.2 Å². The van der Waals surface area contributed by atoms with Crippen molar-refractivity contribution in [2.45, 2.75) is 57.6 Å². The molecular weight excluding hydrogens is 578 g/mol. The molecule has 11 heteroatoms. The van der Waals surface area contributed by atoms with Gasteiger partial charge in [0.1, 0.15) is 12.6 Å². The predicted octanol–water partition coefficient (Wildman–Crippen LogP) is 5.19. The van der Waals surface area contributed by atoms with Crippen LogP contribution in [0.3, 0.4) is 0 Å². The van der Waals surface area contributed by atoms with Crippen LogP contribution in [0.2, 0.25) is 5.02 Å². The van der Waals surface area contributed by atoms with Crippen LogP contribution in [-0.2, 0) is 26.2 Å². The normalized spacial score (nSPS) is 12.0. The molecule has 2 amide bonds. The van der Waals surface area contributed by atoms with E-state index in [1.807, 2.05) is 27.7 Å². The molecule has 0 saturated carbocycles. The van der Waals surface area contributed by atoms with Crippen molar-refractivity contribution in [2.24, 2.45) is 0 Å². The lowest BCUT2D eigenvalue weighted by Crippen LogP contribution is -2.53. The number of aryl methyl sites for hydroxylation is 1. The Bertz CT molecular complexity index is 1480. The van der Waals surface area contributed by atoms with Crippen LogP contribution in [0.5, 0.6) is 11.5 Å². The van der Waals surface area contributed by atoms with Crippen molar-refractivity contribution in [3.63, 3.8) is 0 Å². The highest BCUT2D eigenvalue weighted by molar-refractivity contribution is 7.92. The zero-order valence-corrected chi connectivity index (χ0v) is 26.3. The summed E-state index contributed by atoms with van der Waals surface area (Å²) in [6.45, 7) is 6.84. The van der Waals surface area contributed by atoms with Crippen LogP contribution in [-0.4, -0.2) is 58.0 Å². The summed E-state index contributed by atoms with van der Waals surface area (Å²) >= 11 is 6.07. The summed E-state index contributed by atoms with van der Waals surface area (Å²) in [6.07, 6.45) is 0.318. The molecule has 3 aromatic rings. The molecular formula is C31H38ClN3O6S. The van der Waals surface area contributed by atoms with E-state index in [4.69, 9.17) is 21.1 Å². The number of rotatable bonds is 13. The number of nitrogens with zero attached hydrogens (tertiary/aromatic N) is 2. The zero-order chi connectivity index (χ0) is 31.0. The van der Waals surface area contributed by atoms with Crippen LogP contribution in [0.1, 0.15) is 38.3 Å². The molecule has 9 nitrogen and oxygen atoms in total. The third kappa shape index (κ3) is 7.95. The first-order chi connectivity index (χ1) is 19.9. The SMILES string of the molecule is CC[C@H](C(=O)NC(C)C)N(Cc1ccc(Cl)cc1)C(=O)CN(c1ccc(OC)c(OC)c1)S(=O)(=O)c1ccc(C)cc1. The lowest BCUT2D eigenvalue weighted by molar-refractivity contribution is -0.140. The van der Waals surface area contributed by atoms with Crippen molar-refractivity contribution >= 4 is 39.1 Å². The number of benzene rings is 3. The Hall–Kier alpha value is -3.76. The molecule has 226 valence electrons. The Morgan fingerprint density at radius 2 is 1.55 bits per heavy atom. The molecule has 3 aromatic carbocycles. The van der Waals surface area contributed by atoms with Gasteiger partial charge in [-0.2, -0.15) is 0 Å². The molecule has 1 N–H and O–H groups in total. The Balaban J connectivity index is 2.12. The summed E-state index contributed by atoms with van der Waals surface area (Å²) in [6, 6.07) is 17.0. The van der Waals surface area contributed by atoms with Gasteiger partial charge in [-0.15, -0.1) is 0 Å². The van der Waals surface area contributed by atoms with E-state index in [1.165, 1.54) is 37.3 Å². The second kappa shape index (κ2) is 14.4. The lowest BCUT2D eigenvalue weighted by atomic mass is 10.1. The van der Waals surface area contributed by atoms with Crippen molar-refractivity contribution in [3.8, 4) is 11.5 Å². The van der Waals surface area contributed by atoms with Crippen LogP contribution < -0.4 is 19.1 Å². The van der Waals surface area contributed by atoms with E-state index < -0.39 is 28.5 Å². The monoisotopic (exact) mass is 615 g/mol. The fourth-order valence-electron chi connectivity index (χ4n) is 4.43. The Morgan fingerprint density at radius 1 is 0.929 bits per heavy atom. The van der Waals surface area contributed by atoms with E-state index in [9.17, 15) is 18.0 Å². The molecule has 0 aliphatic heterocycles. The minimum absolute atomic E-state index is 0.0181. The average Bonchev–Trinajstić information content (AvgIpc) is 2.96. The van der Waals surface area contributed by atoms with E-state index >= 15 is 0 Å². The quantitative estimate of drug-likeness (QED) is 0.284. The van der Waals surface area contributed by atoms with Gasteiger partial charge in [0.15, 0.2) is 11.5 Å². The topological polar surface area (TPSA) is 105 Å². The number of hydrogen-bond donors (Lipinski definition) is 1. The van der Waals surface area contributed by atoms with Gasteiger partial charge in [0.2, 0.25) is 11.8 Å². The van der Waals surface area contributed by atoms with Crippen LogP contribution in [0.25, 0.3) is 0 Å². The molecule has 0 aliphatic rings. The molecule has 1 atom stereocenters. The fraction of sp³-hybridized carbons (Fsp3) is 0.355. The Morgan fingerprint density at radius 3 is 2.10 bits per heavy atom. The van der Waals surface area contributed by atoms with Crippen LogP contribution in [0, 0.1) is 6.92 Å². The molecule has 0 aliphatic carbocycles. The summed E-state index contributed by atoms with van der Waals surface area (Å²) in [5, 5.41) is 3.41. The molecule has 42 heavy (non-hydrogen) atoms. The molecule has 0 aromatic heterocycles. The molecule has 0 radical (unpaired) electrons. The number of anilines is 1. The number of hydrogen-bond acceptors (Lipinski definition) is 6. The van der Waals surface area contributed by atoms with Gasteiger partial charge in [0, 0.05) is 23.7 Å². The number of amides is 2. The van der Waals surface area contributed by atoms with Gasteiger partial charge >= 0.3 is 0 Å². The van der Waals surface area contributed by atoms with E-state index in [2.05, 4.69) is 5.32 Å². The van der Waals surface area contributed by atoms with Crippen molar-refractivity contribution < 1.29 is 27.5 Å². The lowest BCUT2D eigenvalue weighted by Gasteiger charge is -2.33. The maximum Gasteiger partial charge on any atom is 0.264 e. The van der Waals surface area contributed by atoms with Crippen molar-refractivity contribution in [1.29, 1.82) is 0 Å². The van der Waals surface area contributed by atoms with E-state index in [1.54, 1.807) is 48.5 Å². The third-order valence-corrected chi connectivity index (χ3v) is 8.67. The molecule has 0 saturated heterocycles. The van der Waals surface area contributed by atoms with E-state index in [-0.39, 0.29) is 29.1 Å². The number of methoxy groups -OCH3 is 2. The molecule has 0 spiro atoms. The van der Waals surface area contributed by atoms with Gasteiger partial charge in [-0.25, -0.2) is 8.42 Å². The van der Waals surface area contributed by atoms with Gasteiger partial charge in [0.05, 0.1) is 24.8 Å². The summed E-state index contributed by atoms with van der Waals surface area (Å²) in [7, 11) is -1.30. The minimum atomic E-state index is -4.22. The predicted molar refractivity (Wildman–Crippen MR) is 165 cm³/mol. The molecule has 0 unspecified atom stereocenters. The van der Waals surface area contributed by atoms with Crippen molar-refractivity contribution in [3.05, 3.63) is 82.9 Å². The zero-order valence-electron chi connectivity index (χ0n) is 24.8. The van der Waals surface area contributed by atoms with Crippen LogP contribution >= 0.6 is 11.6 Å². The Kier molecular flexibility index (Phi) is 11.2. The van der Waals surface area contributed by atoms with Gasteiger partial charge in [-0.3, -0.25) is 13.9 Å². The van der Waals surface area contributed by atoms with Gasteiger partial charge in [0.25, 0.3) is 10.0 Å². The molecule has 0 fully saturated rings. The first-order valence-corrected chi connectivity index (χ1v) is 15.4. The first kappa shape index (κ1) is 32.8. The van der Waals surface area contributed by atoms with Crippen LogP contribution in [0.4, 0.5) is 5.69 Å². The van der Waals surface area contributed by atoms with Crippen molar-refractivity contribution in [2.75, 3.05) is 25.1 Å². The average molecular weight is 616 g/mol. The number of carbonyl (C=O) groups excluding carboxylic acids is 2. The maximum absolute atomic E-state index is 14.2. The Labute approximate surface area is 253 Å². The smallest absolute Gasteiger partial charge is 0.264 e. The largest absolute Gasteiger partial charge is 0.493 e. The second-order valence-electron chi connectivity index (χ2n) is 10.1. The number of sulfonamides is 1. The number of halogens is 1. The summed E-state index contributed by atoms with van der Waals surface area (Å²) in [5.41, 5.74) is 1.83. The van der Waals surface area contributed by atoms with Gasteiger partial charge in [-0.05, 0) is 69.2 Å². The maximum atomic E-state index is 14.2. The highest BCUT2D eigenvalue weighted by Gasteiger charge is 2.34. The number of nitrogens with one attached hydrogen (secondary N) is 1. The van der Waals surface area contributed by atoms with Gasteiger partial charge < -0.3 is 19.7 Å². The second-order valence-corrected chi connectivity index (χ2v) is 12.4. The van der Waals surface area contributed by atoms with E-state index in [0.29, 0.717) is 22.9 Å². The van der Waals surface area contributed by atoms with Gasteiger partial charge in [-0.1, -0.05) is 48.4 Å². The standard InChI is InChI=1S/C31H38ClN3O6S/c1-7-27(31(37)33-21(2)3)34(19-23-10-12-24(32)13-11-23)30(36)20-35(25-14-17-28(40-5)29(18-25)41-6)42(38,39)26-15-8-22(4)9-16-26/h8-18,21,27H,7,19-20H2,1-6H3,(H,33,37)/t27-/m1/s1. The molecule has 0 bridgehead atoms. The highest BCUT2D eigenvalue weighted by Crippen LogP contribution is 2.34. The summed E-state index contributed by atoms with van der Waals surface area (Å²) in [5.74, 6) is -0.177. The third-order valence-electron chi connectivity index (χ3n) is 6.63. The van der Waals surface area contributed by atoms with E-state index in [0.717, 1.165) is 15.4 Å². The molecule has 0 heterocycles.